The highest BCUT2D eigenvalue weighted by molar-refractivity contribution is 7.21. The summed E-state index contributed by atoms with van der Waals surface area (Å²) in [6.45, 7) is 10.2. The topological polar surface area (TPSA) is 71.9 Å². The third-order valence-electron chi connectivity index (χ3n) is 3.71. The number of anilines is 2. The number of primary amides is 1. The molecule has 0 aliphatic carbocycles. The molecule has 2 aromatic rings. The maximum absolute atomic E-state index is 11.4. The lowest BCUT2D eigenvalue weighted by molar-refractivity contribution is 0.123. The van der Waals surface area contributed by atoms with E-state index in [4.69, 9.17) is 40.2 Å². The number of nitrogens with zero attached hydrogens (tertiary/aromatic N) is 2. The van der Waals surface area contributed by atoms with Crippen LogP contribution in [0.4, 0.5) is 20.5 Å². The Labute approximate surface area is 158 Å². The Hall–Kier alpha value is -1.98. The maximum Gasteiger partial charge on any atom is 0.317 e. The van der Waals surface area contributed by atoms with Crippen LogP contribution in [0.5, 0.6) is 0 Å². The van der Waals surface area contributed by atoms with E-state index in [0.29, 0.717) is 58.2 Å². The van der Waals surface area contributed by atoms with Crippen molar-refractivity contribution >= 4 is 56.3 Å². The first-order valence-electron chi connectivity index (χ1n) is 7.40. The van der Waals surface area contributed by atoms with Gasteiger partial charge in [0.2, 0.25) is 5.69 Å². The Morgan fingerprint density at radius 2 is 2.08 bits per heavy atom. The number of nitrogens with two attached hydrogens (primary N) is 1. The van der Waals surface area contributed by atoms with E-state index in [1.807, 2.05) is 0 Å². The average molecular weight is 397 g/mol. The Morgan fingerprint density at radius 3 is 2.68 bits per heavy atom. The molecule has 0 saturated carbocycles. The number of halogens is 2. The standard InChI is InChI=1S/C16H14Cl2N4O2S/c1-20-13-12(10-3-2-9(17)8-11(10)18)14(21-16(19)23)25-15(13)22-4-6-24-7-5-22/h2-3,8H,4-7H2,(H3,19,21,23). The highest BCUT2D eigenvalue weighted by atomic mass is 35.5. The molecule has 6 nitrogen and oxygen atoms in total. The number of benzene rings is 1. The lowest BCUT2D eigenvalue weighted by Gasteiger charge is -2.28. The molecule has 9 heteroatoms. The van der Waals surface area contributed by atoms with Crippen LogP contribution < -0.4 is 16.0 Å². The van der Waals surface area contributed by atoms with E-state index in [1.54, 1.807) is 18.2 Å². The zero-order valence-corrected chi connectivity index (χ0v) is 15.3. The van der Waals surface area contributed by atoms with Crippen molar-refractivity contribution in [1.29, 1.82) is 0 Å². The minimum Gasteiger partial charge on any atom is -0.378 e. The number of urea groups is 1. The first-order chi connectivity index (χ1) is 12.0. The molecule has 0 atom stereocenters. The molecular formula is C16H14Cl2N4O2S. The van der Waals surface area contributed by atoms with Crippen molar-refractivity contribution in [1.82, 2.24) is 0 Å². The number of morpholine rings is 1. The fourth-order valence-corrected chi connectivity index (χ4v) is 4.35. The molecule has 1 aliphatic rings. The number of thiophene rings is 1. The van der Waals surface area contributed by atoms with E-state index in [9.17, 15) is 4.79 Å². The van der Waals surface area contributed by atoms with Crippen LogP contribution in [0.2, 0.25) is 10.0 Å². The fourth-order valence-electron chi connectivity index (χ4n) is 2.64. The number of amides is 2. The molecule has 0 spiro atoms. The van der Waals surface area contributed by atoms with Crippen molar-refractivity contribution in [3.63, 3.8) is 0 Å². The number of nitrogens with one attached hydrogen (secondary N) is 1. The first kappa shape index (κ1) is 17.8. The van der Waals surface area contributed by atoms with Crippen molar-refractivity contribution < 1.29 is 9.53 Å². The normalized spacial score (nSPS) is 14.2. The molecule has 1 aliphatic heterocycles. The first-order valence-corrected chi connectivity index (χ1v) is 8.97. The van der Waals surface area contributed by atoms with Crippen LogP contribution in [-0.4, -0.2) is 32.3 Å². The Balaban J connectivity index is 2.18. The summed E-state index contributed by atoms with van der Waals surface area (Å²) in [5.41, 5.74) is 6.91. The molecule has 0 unspecified atom stereocenters. The summed E-state index contributed by atoms with van der Waals surface area (Å²) in [6.07, 6.45) is 0. The molecule has 2 heterocycles. The Kier molecular flexibility index (Phi) is 5.35. The molecule has 2 amide bonds. The Bertz CT molecular complexity index is 857. The largest absolute Gasteiger partial charge is 0.378 e. The molecule has 3 rings (SSSR count). The summed E-state index contributed by atoms with van der Waals surface area (Å²) < 4.78 is 5.37. The third kappa shape index (κ3) is 3.67. The third-order valence-corrected chi connectivity index (χ3v) is 5.42. The number of hydrogen-bond acceptors (Lipinski definition) is 4. The van der Waals surface area contributed by atoms with Gasteiger partial charge in [0.25, 0.3) is 0 Å². The monoisotopic (exact) mass is 396 g/mol. The van der Waals surface area contributed by atoms with Gasteiger partial charge in [-0.25, -0.2) is 9.64 Å². The fraction of sp³-hybridized carbons (Fsp3) is 0.250. The van der Waals surface area contributed by atoms with Gasteiger partial charge < -0.3 is 20.7 Å². The molecule has 1 aromatic carbocycles. The highest BCUT2D eigenvalue weighted by Gasteiger charge is 2.26. The van der Waals surface area contributed by atoms with Crippen LogP contribution in [0, 0.1) is 6.57 Å². The van der Waals surface area contributed by atoms with Crippen LogP contribution in [0.15, 0.2) is 18.2 Å². The van der Waals surface area contributed by atoms with Crippen molar-refractivity contribution in [2.45, 2.75) is 0 Å². The second-order valence-electron chi connectivity index (χ2n) is 5.28. The van der Waals surface area contributed by atoms with Crippen LogP contribution in [0.25, 0.3) is 16.0 Å². The summed E-state index contributed by atoms with van der Waals surface area (Å²) in [5.74, 6) is 0. The van der Waals surface area contributed by atoms with Crippen LogP contribution in [-0.2, 0) is 4.74 Å². The predicted molar refractivity (Wildman–Crippen MR) is 102 cm³/mol. The van der Waals surface area contributed by atoms with E-state index in [1.165, 1.54) is 11.3 Å². The van der Waals surface area contributed by atoms with Crippen molar-refractivity contribution in [2.75, 3.05) is 36.5 Å². The van der Waals surface area contributed by atoms with Gasteiger partial charge >= 0.3 is 6.03 Å². The number of carbonyl (C=O) groups is 1. The van der Waals surface area contributed by atoms with Crippen LogP contribution in [0.3, 0.4) is 0 Å². The Morgan fingerprint density at radius 1 is 1.36 bits per heavy atom. The van der Waals surface area contributed by atoms with Crippen LogP contribution in [0.1, 0.15) is 0 Å². The zero-order valence-electron chi connectivity index (χ0n) is 13.0. The smallest absolute Gasteiger partial charge is 0.317 e. The van der Waals surface area contributed by atoms with Crippen molar-refractivity contribution in [3.05, 3.63) is 39.7 Å². The lowest BCUT2D eigenvalue weighted by atomic mass is 10.1. The molecule has 1 saturated heterocycles. The average Bonchev–Trinajstić information content (AvgIpc) is 2.93. The lowest BCUT2D eigenvalue weighted by Crippen LogP contribution is -2.35. The number of hydrogen-bond donors (Lipinski definition) is 2. The van der Waals surface area contributed by atoms with E-state index in [2.05, 4.69) is 15.1 Å². The van der Waals surface area contributed by atoms with E-state index >= 15 is 0 Å². The maximum atomic E-state index is 11.4. The second kappa shape index (κ2) is 7.50. The minimum absolute atomic E-state index is 0.399. The molecule has 3 N–H and O–H groups in total. The van der Waals surface area contributed by atoms with Gasteiger partial charge in [0.05, 0.1) is 29.8 Å². The van der Waals surface area contributed by atoms with E-state index in [0.717, 1.165) is 5.00 Å². The van der Waals surface area contributed by atoms with Gasteiger partial charge in [-0.05, 0) is 17.7 Å². The van der Waals surface area contributed by atoms with Gasteiger partial charge in [0, 0.05) is 28.7 Å². The molecular weight excluding hydrogens is 383 g/mol. The molecule has 0 radical (unpaired) electrons. The number of ether oxygens (including phenoxy) is 1. The van der Waals surface area contributed by atoms with Gasteiger partial charge in [0.1, 0.15) is 0 Å². The van der Waals surface area contributed by atoms with Gasteiger partial charge in [-0.1, -0.05) is 29.3 Å². The second-order valence-corrected chi connectivity index (χ2v) is 7.13. The van der Waals surface area contributed by atoms with Gasteiger partial charge in [-0.3, -0.25) is 0 Å². The summed E-state index contributed by atoms with van der Waals surface area (Å²) in [5, 5.41) is 4.76. The van der Waals surface area contributed by atoms with E-state index in [-0.39, 0.29) is 0 Å². The van der Waals surface area contributed by atoms with Crippen molar-refractivity contribution in [3.8, 4) is 11.1 Å². The SMILES string of the molecule is [C-]#[N+]c1c(N2CCOCC2)sc(NC(N)=O)c1-c1ccc(Cl)cc1Cl. The van der Waals surface area contributed by atoms with E-state index < -0.39 is 6.03 Å². The zero-order chi connectivity index (χ0) is 18.0. The highest BCUT2D eigenvalue weighted by Crippen LogP contribution is 2.53. The quantitative estimate of drug-likeness (QED) is 0.744. The summed E-state index contributed by atoms with van der Waals surface area (Å²) in [7, 11) is 0. The predicted octanol–water partition coefficient (Wildman–Crippen LogP) is 4.60. The molecule has 130 valence electrons. The summed E-state index contributed by atoms with van der Waals surface area (Å²) in [6, 6.07) is 4.33. The molecule has 1 fully saturated rings. The van der Waals surface area contributed by atoms with Crippen molar-refractivity contribution in [2.24, 2.45) is 5.73 Å². The molecule has 0 bridgehead atoms. The minimum atomic E-state index is -0.697. The van der Waals surface area contributed by atoms with Crippen LogP contribution >= 0.6 is 34.5 Å². The summed E-state index contributed by atoms with van der Waals surface area (Å²) >= 11 is 13.6. The van der Waals surface area contributed by atoms with Gasteiger partial charge in [-0.15, -0.1) is 11.3 Å². The molecule has 1 aromatic heterocycles. The van der Waals surface area contributed by atoms with Gasteiger partial charge in [-0.2, -0.15) is 0 Å². The molecule has 25 heavy (non-hydrogen) atoms. The number of carbonyl (C=O) groups excluding carboxylic acids is 1. The van der Waals surface area contributed by atoms with Gasteiger partial charge in [0.15, 0.2) is 0 Å². The summed E-state index contributed by atoms with van der Waals surface area (Å²) in [4.78, 5) is 17.2. The number of rotatable bonds is 3.